The van der Waals surface area contributed by atoms with Gasteiger partial charge in [-0.3, -0.25) is 4.79 Å². The summed E-state index contributed by atoms with van der Waals surface area (Å²) in [4.78, 5) is 11.6. The van der Waals surface area contributed by atoms with Gasteiger partial charge in [-0.15, -0.1) is 0 Å². The molecule has 0 radical (unpaired) electrons. The first-order chi connectivity index (χ1) is 10.3. The number of benzene rings is 1. The topological polar surface area (TPSA) is 110 Å². The van der Waals surface area contributed by atoms with Crippen molar-refractivity contribution in [2.24, 2.45) is 0 Å². The van der Waals surface area contributed by atoms with Gasteiger partial charge in [-0.2, -0.15) is 0 Å². The fourth-order valence-corrected chi connectivity index (χ4v) is 4.46. The monoisotopic (exact) mass is 348 g/mol. The fraction of sp³-hybridized carbons (Fsp3) is 0.417. The second-order valence-corrected chi connectivity index (χ2v) is 8.31. The minimum absolute atomic E-state index is 0.0172. The Morgan fingerprint density at radius 3 is 2.41 bits per heavy atom. The lowest BCUT2D eigenvalue weighted by molar-refractivity contribution is -0.116. The van der Waals surface area contributed by atoms with Crippen LogP contribution in [-0.2, 0) is 29.6 Å². The molecule has 1 N–H and O–H groups in total. The predicted octanol–water partition coefficient (Wildman–Crippen LogP) is -0.322. The summed E-state index contributed by atoms with van der Waals surface area (Å²) in [6.07, 6.45) is -0.0685. The molecule has 1 amide bonds. The molecule has 1 fully saturated rings. The highest BCUT2D eigenvalue weighted by atomic mass is 32.2. The Hall–Kier alpha value is -1.49. The minimum Gasteiger partial charge on any atom is -0.383 e. The predicted molar refractivity (Wildman–Crippen MR) is 79.4 cm³/mol. The van der Waals surface area contributed by atoms with Crippen LogP contribution in [0.2, 0.25) is 0 Å². The zero-order valence-electron chi connectivity index (χ0n) is 11.9. The van der Waals surface area contributed by atoms with Crippen LogP contribution in [0.3, 0.4) is 0 Å². The molecule has 0 aliphatic carbocycles. The number of ether oxygens (including phenoxy) is 1. The largest absolute Gasteiger partial charge is 0.383 e. The molecule has 1 heterocycles. The van der Waals surface area contributed by atoms with Gasteiger partial charge in [-0.05, 0) is 24.3 Å². The molecule has 1 aliphatic heterocycles. The van der Waals surface area contributed by atoms with Crippen molar-refractivity contribution < 1.29 is 26.4 Å². The van der Waals surface area contributed by atoms with Gasteiger partial charge in [0.2, 0.25) is 26.0 Å². The molecule has 0 atom stereocenters. The third kappa shape index (κ3) is 3.46. The lowest BCUT2D eigenvalue weighted by Crippen LogP contribution is -2.29. The van der Waals surface area contributed by atoms with Crippen LogP contribution in [0.4, 0.5) is 5.69 Å². The molecule has 22 heavy (non-hydrogen) atoms. The van der Waals surface area contributed by atoms with E-state index in [9.17, 15) is 21.6 Å². The van der Waals surface area contributed by atoms with Crippen LogP contribution in [0.25, 0.3) is 0 Å². The Morgan fingerprint density at radius 2 is 1.91 bits per heavy atom. The Balaban J connectivity index is 2.22. The summed E-state index contributed by atoms with van der Waals surface area (Å²) in [5.41, 5.74) is 0.137. The molecule has 2 rings (SSSR count). The van der Waals surface area contributed by atoms with Crippen molar-refractivity contribution in [3.63, 3.8) is 0 Å². The normalized spacial score (nSPS) is 17.9. The molecule has 0 spiro atoms. The molecule has 1 aromatic carbocycles. The zero-order chi connectivity index (χ0) is 16.4. The van der Waals surface area contributed by atoms with Crippen molar-refractivity contribution in [2.45, 2.75) is 11.3 Å². The second-order valence-electron chi connectivity index (χ2n) is 4.61. The molecule has 0 saturated carbocycles. The summed E-state index contributed by atoms with van der Waals surface area (Å²) >= 11 is 0. The van der Waals surface area contributed by atoms with Crippen molar-refractivity contribution in [2.75, 3.05) is 30.3 Å². The number of nitrogens with one attached hydrogen (secondary N) is 1. The highest BCUT2D eigenvalue weighted by Gasteiger charge is 2.36. The highest BCUT2D eigenvalue weighted by molar-refractivity contribution is 7.94. The second kappa shape index (κ2) is 6.32. The molecular formula is C12H16N2O6S2. The van der Waals surface area contributed by atoms with E-state index >= 15 is 0 Å². The molecule has 0 aromatic heterocycles. The Labute approximate surface area is 129 Å². The molecule has 122 valence electrons. The average molecular weight is 348 g/mol. The van der Waals surface area contributed by atoms with Gasteiger partial charge >= 0.3 is 0 Å². The van der Waals surface area contributed by atoms with Gasteiger partial charge in [-0.1, -0.05) is 0 Å². The van der Waals surface area contributed by atoms with Crippen LogP contribution in [0, 0.1) is 0 Å². The van der Waals surface area contributed by atoms with Gasteiger partial charge in [-0.25, -0.2) is 25.9 Å². The third-order valence-electron chi connectivity index (χ3n) is 3.06. The Bertz CT molecular complexity index is 755. The number of carbonyl (C=O) groups excluding carboxylic acids is 1. The summed E-state index contributed by atoms with van der Waals surface area (Å²) in [5.74, 6) is -0.751. The Kier molecular flexibility index (Phi) is 4.85. The van der Waals surface area contributed by atoms with E-state index in [-0.39, 0.29) is 35.9 Å². The summed E-state index contributed by atoms with van der Waals surface area (Å²) in [6.45, 7) is 0.359. The summed E-state index contributed by atoms with van der Waals surface area (Å²) in [7, 11) is -5.90. The van der Waals surface area contributed by atoms with Gasteiger partial charge in [0.25, 0.3) is 0 Å². The molecule has 1 aliphatic rings. The third-order valence-corrected chi connectivity index (χ3v) is 6.23. The van der Waals surface area contributed by atoms with Gasteiger partial charge < -0.3 is 4.74 Å². The van der Waals surface area contributed by atoms with E-state index in [4.69, 9.17) is 4.74 Å². The summed E-state index contributed by atoms with van der Waals surface area (Å²) in [6, 6.07) is 5.11. The first-order valence-electron chi connectivity index (χ1n) is 6.42. The van der Waals surface area contributed by atoms with E-state index in [1.54, 1.807) is 0 Å². The Morgan fingerprint density at radius 1 is 1.27 bits per heavy atom. The van der Waals surface area contributed by atoms with Gasteiger partial charge in [0.05, 0.1) is 22.9 Å². The summed E-state index contributed by atoms with van der Waals surface area (Å²) in [5, 5.41) is 0. The highest BCUT2D eigenvalue weighted by Crippen LogP contribution is 2.26. The maximum atomic E-state index is 12.0. The lowest BCUT2D eigenvalue weighted by atomic mass is 10.3. The number of rotatable bonds is 6. The van der Waals surface area contributed by atoms with Crippen LogP contribution in [0.5, 0.6) is 0 Å². The SMILES string of the molecule is COCCNS(=O)(=O)c1ccc(N2C(=O)CCS2(=O)=O)cc1. The minimum atomic E-state index is -3.70. The van der Waals surface area contributed by atoms with E-state index in [0.717, 1.165) is 0 Å². The first-order valence-corrected chi connectivity index (χ1v) is 9.52. The van der Waals surface area contributed by atoms with Crippen LogP contribution in [0.15, 0.2) is 29.2 Å². The molecule has 0 bridgehead atoms. The zero-order valence-corrected chi connectivity index (χ0v) is 13.5. The van der Waals surface area contributed by atoms with Gasteiger partial charge in [0.1, 0.15) is 0 Å². The quantitative estimate of drug-likeness (QED) is 0.706. The van der Waals surface area contributed by atoms with E-state index in [2.05, 4.69) is 4.72 Å². The molecule has 1 aromatic rings. The number of carbonyl (C=O) groups is 1. The molecule has 0 unspecified atom stereocenters. The number of sulfonamides is 2. The average Bonchev–Trinajstić information content (AvgIpc) is 2.73. The van der Waals surface area contributed by atoms with Crippen molar-refractivity contribution in [3.8, 4) is 0 Å². The fourth-order valence-electron chi connectivity index (χ4n) is 1.99. The van der Waals surface area contributed by atoms with Crippen LogP contribution in [0.1, 0.15) is 6.42 Å². The van der Waals surface area contributed by atoms with Gasteiger partial charge in [0.15, 0.2) is 0 Å². The number of hydrogen-bond donors (Lipinski definition) is 1. The number of amides is 1. The van der Waals surface area contributed by atoms with Crippen molar-refractivity contribution in [1.29, 1.82) is 0 Å². The maximum absolute atomic E-state index is 12.0. The van der Waals surface area contributed by atoms with Gasteiger partial charge in [0, 0.05) is 20.1 Å². The smallest absolute Gasteiger partial charge is 0.242 e. The van der Waals surface area contributed by atoms with Crippen molar-refractivity contribution in [3.05, 3.63) is 24.3 Å². The van der Waals surface area contributed by atoms with E-state index in [0.29, 0.717) is 4.31 Å². The van der Waals surface area contributed by atoms with Crippen LogP contribution in [-0.4, -0.2) is 48.8 Å². The lowest BCUT2D eigenvalue weighted by Gasteiger charge is -2.15. The standard InChI is InChI=1S/C12H16N2O6S2/c1-20-8-7-13-22(18,19)11-4-2-10(3-5-11)14-12(15)6-9-21(14,16)17/h2-5,13H,6-9H2,1H3. The van der Waals surface area contributed by atoms with Crippen LogP contribution >= 0.6 is 0 Å². The molecule has 1 saturated heterocycles. The molecule has 8 nitrogen and oxygen atoms in total. The number of hydrogen-bond acceptors (Lipinski definition) is 6. The van der Waals surface area contributed by atoms with Crippen molar-refractivity contribution in [1.82, 2.24) is 4.72 Å². The number of anilines is 1. The maximum Gasteiger partial charge on any atom is 0.242 e. The van der Waals surface area contributed by atoms with Crippen LogP contribution < -0.4 is 9.03 Å². The van der Waals surface area contributed by atoms with E-state index in [1.807, 2.05) is 0 Å². The molecular weight excluding hydrogens is 332 g/mol. The molecule has 10 heteroatoms. The van der Waals surface area contributed by atoms with Crippen molar-refractivity contribution >= 4 is 31.6 Å². The number of nitrogens with zero attached hydrogens (tertiary/aromatic N) is 1. The first kappa shape index (κ1) is 16.9. The number of methoxy groups -OCH3 is 1. The van der Waals surface area contributed by atoms with E-state index in [1.165, 1.54) is 31.4 Å². The summed E-state index contributed by atoms with van der Waals surface area (Å²) < 4.78 is 55.3. The van der Waals surface area contributed by atoms with E-state index < -0.39 is 26.0 Å².